The summed E-state index contributed by atoms with van der Waals surface area (Å²) in [6.07, 6.45) is 1.64. The van der Waals surface area contributed by atoms with Crippen molar-refractivity contribution in [1.29, 1.82) is 0 Å². The number of hydrogen-bond donors (Lipinski definition) is 2. The fraction of sp³-hybridized carbons (Fsp3) is 0.333. The molecule has 0 bridgehead atoms. The first kappa shape index (κ1) is 6.80. The van der Waals surface area contributed by atoms with Crippen molar-refractivity contribution in [3.63, 3.8) is 0 Å². The number of aliphatic hydroxyl groups is 1. The highest BCUT2D eigenvalue weighted by Crippen LogP contribution is 2.18. The van der Waals surface area contributed by atoms with E-state index in [2.05, 4.69) is 5.16 Å². The molecule has 4 nitrogen and oxygen atoms in total. The molecule has 1 rings (SSSR count). The Morgan fingerprint density at radius 1 is 1.50 bits per heavy atom. The van der Waals surface area contributed by atoms with E-state index in [1.165, 1.54) is 0 Å². The number of hydrogen-bond acceptors (Lipinski definition) is 4. The van der Waals surface area contributed by atoms with Crippen molar-refractivity contribution in [3.8, 4) is 0 Å². The maximum absolute atomic E-state index is 10.8. The fourth-order valence-electron chi connectivity index (χ4n) is 0.866. The number of allylic oxidation sites excluding steroid dienone is 2. The van der Waals surface area contributed by atoms with E-state index in [-0.39, 0.29) is 17.1 Å². The summed E-state index contributed by atoms with van der Waals surface area (Å²) in [4.78, 5) is 10.8. The molecule has 0 fully saturated rings. The highest BCUT2D eigenvalue weighted by molar-refractivity contribution is 6.15. The van der Waals surface area contributed by atoms with Crippen LogP contribution in [0.15, 0.2) is 16.5 Å². The molecule has 10 heavy (non-hydrogen) atoms. The van der Waals surface area contributed by atoms with Gasteiger partial charge in [0.2, 0.25) is 0 Å². The zero-order chi connectivity index (χ0) is 7.56. The lowest BCUT2D eigenvalue weighted by Crippen LogP contribution is -1.97. The maximum Gasteiger partial charge on any atom is 0.168 e. The van der Waals surface area contributed by atoms with Gasteiger partial charge in [0.05, 0.1) is 11.8 Å². The molecule has 0 spiro atoms. The molecule has 0 saturated heterocycles. The third kappa shape index (κ3) is 1.00. The monoisotopic (exact) mass is 141 g/mol. The minimum Gasteiger partial charge on any atom is -0.511 e. The smallest absolute Gasteiger partial charge is 0.168 e. The third-order valence-corrected chi connectivity index (χ3v) is 1.39. The summed E-state index contributed by atoms with van der Waals surface area (Å²) in [5.41, 5.74) is 0.127. The number of aliphatic hydroxyl groups excluding tert-OH is 1. The van der Waals surface area contributed by atoms with E-state index in [9.17, 15) is 4.79 Å². The predicted octanol–water partition coefficient (Wildman–Crippen LogP) is 0.621. The standard InChI is InChI=1S/C6H7NO3/c8-5-1-2-6(9)4(5)3-7-10/h3,8,10H,1-2H2/b7-3+. The van der Waals surface area contributed by atoms with Crippen molar-refractivity contribution < 1.29 is 15.1 Å². The molecule has 0 amide bonds. The zero-order valence-corrected chi connectivity index (χ0v) is 5.24. The first-order valence-corrected chi connectivity index (χ1v) is 2.88. The Morgan fingerprint density at radius 2 is 2.20 bits per heavy atom. The van der Waals surface area contributed by atoms with Gasteiger partial charge in [0.15, 0.2) is 5.78 Å². The van der Waals surface area contributed by atoms with Crippen LogP contribution in [0.2, 0.25) is 0 Å². The average molecular weight is 141 g/mol. The quantitative estimate of drug-likeness (QED) is 0.319. The molecule has 0 aromatic carbocycles. The number of ketones is 1. The predicted molar refractivity (Wildman–Crippen MR) is 34.2 cm³/mol. The van der Waals surface area contributed by atoms with Gasteiger partial charge in [-0.25, -0.2) is 0 Å². The van der Waals surface area contributed by atoms with Gasteiger partial charge in [-0.05, 0) is 0 Å². The van der Waals surface area contributed by atoms with Crippen molar-refractivity contribution >= 4 is 12.0 Å². The summed E-state index contributed by atoms with van der Waals surface area (Å²) in [7, 11) is 0. The van der Waals surface area contributed by atoms with Crippen LogP contribution in [-0.4, -0.2) is 22.3 Å². The number of Topliss-reactive ketones (excluding diaryl/α,β-unsaturated/α-hetero) is 1. The van der Waals surface area contributed by atoms with Crippen LogP contribution in [0.1, 0.15) is 12.8 Å². The van der Waals surface area contributed by atoms with Crippen LogP contribution in [0.3, 0.4) is 0 Å². The Balaban J connectivity index is 2.88. The first-order valence-electron chi connectivity index (χ1n) is 2.88. The van der Waals surface area contributed by atoms with Crippen molar-refractivity contribution in [3.05, 3.63) is 11.3 Å². The highest BCUT2D eigenvalue weighted by atomic mass is 16.4. The van der Waals surface area contributed by atoms with E-state index >= 15 is 0 Å². The van der Waals surface area contributed by atoms with E-state index in [1.54, 1.807) is 0 Å². The topological polar surface area (TPSA) is 69.9 Å². The van der Waals surface area contributed by atoms with Gasteiger partial charge in [0.1, 0.15) is 5.76 Å². The van der Waals surface area contributed by atoms with Gasteiger partial charge < -0.3 is 10.3 Å². The summed E-state index contributed by atoms with van der Waals surface area (Å²) >= 11 is 0. The molecule has 0 atom stereocenters. The largest absolute Gasteiger partial charge is 0.511 e. The van der Waals surface area contributed by atoms with E-state index in [1.807, 2.05) is 0 Å². The van der Waals surface area contributed by atoms with Crippen molar-refractivity contribution in [2.45, 2.75) is 12.8 Å². The molecule has 4 heteroatoms. The van der Waals surface area contributed by atoms with E-state index in [0.717, 1.165) is 6.21 Å². The Bertz CT molecular complexity index is 217. The van der Waals surface area contributed by atoms with Gasteiger partial charge in [0, 0.05) is 12.8 Å². The minimum atomic E-state index is -0.171. The molecule has 0 aromatic rings. The van der Waals surface area contributed by atoms with E-state index < -0.39 is 0 Å². The Hall–Kier alpha value is -1.32. The zero-order valence-electron chi connectivity index (χ0n) is 5.24. The molecule has 1 aliphatic carbocycles. The van der Waals surface area contributed by atoms with Crippen LogP contribution in [0.4, 0.5) is 0 Å². The van der Waals surface area contributed by atoms with Crippen LogP contribution in [0.5, 0.6) is 0 Å². The normalized spacial score (nSPS) is 19.4. The van der Waals surface area contributed by atoms with Gasteiger partial charge in [0.25, 0.3) is 0 Å². The molecular formula is C6H7NO3. The van der Waals surface area contributed by atoms with Gasteiger partial charge >= 0.3 is 0 Å². The van der Waals surface area contributed by atoms with Gasteiger partial charge in [-0.15, -0.1) is 0 Å². The molecule has 0 aromatic heterocycles. The molecule has 0 unspecified atom stereocenters. The number of nitrogens with zero attached hydrogens (tertiary/aromatic N) is 1. The summed E-state index contributed by atoms with van der Waals surface area (Å²) in [6, 6.07) is 0. The summed E-state index contributed by atoms with van der Waals surface area (Å²) < 4.78 is 0. The number of oxime groups is 1. The lowest BCUT2D eigenvalue weighted by Gasteiger charge is -1.87. The Morgan fingerprint density at radius 3 is 2.60 bits per heavy atom. The molecular weight excluding hydrogens is 134 g/mol. The van der Waals surface area contributed by atoms with Crippen LogP contribution >= 0.6 is 0 Å². The third-order valence-electron chi connectivity index (χ3n) is 1.39. The molecule has 54 valence electrons. The average Bonchev–Trinajstić information content (AvgIpc) is 2.20. The molecule has 1 aliphatic rings. The Labute approximate surface area is 57.5 Å². The van der Waals surface area contributed by atoms with Crippen LogP contribution in [0, 0.1) is 0 Å². The van der Waals surface area contributed by atoms with Gasteiger partial charge in [-0.1, -0.05) is 5.16 Å². The lowest BCUT2D eigenvalue weighted by atomic mass is 10.2. The minimum absolute atomic E-state index is 0.0165. The second kappa shape index (κ2) is 2.51. The second-order valence-corrected chi connectivity index (χ2v) is 2.03. The maximum atomic E-state index is 10.8. The van der Waals surface area contributed by atoms with Crippen molar-refractivity contribution in [2.75, 3.05) is 0 Å². The number of rotatable bonds is 1. The summed E-state index contributed by atoms with van der Waals surface area (Å²) in [5, 5.41) is 19.6. The molecule has 0 radical (unpaired) electrons. The Kier molecular flexibility index (Phi) is 1.71. The SMILES string of the molecule is O=C1CCC(O)=C1/C=N/O. The summed E-state index contributed by atoms with van der Waals surface area (Å²) in [6.45, 7) is 0. The number of carbonyl (C=O) groups is 1. The second-order valence-electron chi connectivity index (χ2n) is 2.03. The van der Waals surface area contributed by atoms with Crippen LogP contribution in [0.25, 0.3) is 0 Å². The lowest BCUT2D eigenvalue weighted by molar-refractivity contribution is -0.114. The van der Waals surface area contributed by atoms with Gasteiger partial charge in [-0.2, -0.15) is 0 Å². The van der Waals surface area contributed by atoms with Crippen LogP contribution < -0.4 is 0 Å². The first-order chi connectivity index (χ1) is 4.75. The number of carbonyl (C=O) groups excluding carboxylic acids is 1. The van der Waals surface area contributed by atoms with Crippen molar-refractivity contribution in [1.82, 2.24) is 0 Å². The van der Waals surface area contributed by atoms with E-state index in [4.69, 9.17) is 10.3 Å². The molecule has 0 heterocycles. The molecule has 0 aliphatic heterocycles. The highest BCUT2D eigenvalue weighted by Gasteiger charge is 2.20. The van der Waals surface area contributed by atoms with Crippen molar-refractivity contribution in [2.24, 2.45) is 5.16 Å². The fourth-order valence-corrected chi connectivity index (χ4v) is 0.866. The van der Waals surface area contributed by atoms with Gasteiger partial charge in [-0.3, -0.25) is 4.79 Å². The van der Waals surface area contributed by atoms with E-state index in [0.29, 0.717) is 12.8 Å². The summed E-state index contributed by atoms with van der Waals surface area (Å²) in [5.74, 6) is -0.155. The molecule has 2 N–H and O–H groups in total. The molecule has 0 saturated carbocycles. The van der Waals surface area contributed by atoms with Crippen LogP contribution in [-0.2, 0) is 4.79 Å².